The molecule has 0 aliphatic rings. The molecule has 0 atom stereocenters. The molecule has 3 heteroatoms. The van der Waals surface area contributed by atoms with Crippen LogP contribution < -0.4 is 0 Å². The number of carbonyl (C=O) groups is 1. The van der Waals surface area contributed by atoms with Crippen molar-refractivity contribution >= 4 is 5.97 Å². The lowest BCUT2D eigenvalue weighted by atomic mass is 9.97. The van der Waals surface area contributed by atoms with Crippen LogP contribution in [0.5, 0.6) is 0 Å². The standard InChI is InChI=1S/C14H13NO2/c1-9-4-3-5-13(10(9)2)11-6-12(14(16)17)8-15-7-11/h3-8H,1-2H3,(H,16,17). The minimum absolute atomic E-state index is 0.211. The van der Waals surface area contributed by atoms with E-state index in [1.165, 1.54) is 11.8 Å². The first-order valence-corrected chi connectivity index (χ1v) is 5.34. The highest BCUT2D eigenvalue weighted by Gasteiger charge is 2.08. The third kappa shape index (κ3) is 2.18. The van der Waals surface area contributed by atoms with Crippen LogP contribution in [0.4, 0.5) is 0 Å². The van der Waals surface area contributed by atoms with E-state index in [4.69, 9.17) is 5.11 Å². The molecule has 1 N–H and O–H groups in total. The second-order valence-corrected chi connectivity index (χ2v) is 4.01. The van der Waals surface area contributed by atoms with E-state index in [1.807, 2.05) is 32.0 Å². The number of carboxylic acid groups (broad SMARTS) is 1. The van der Waals surface area contributed by atoms with E-state index in [0.29, 0.717) is 0 Å². The molecular weight excluding hydrogens is 214 g/mol. The van der Waals surface area contributed by atoms with E-state index >= 15 is 0 Å². The van der Waals surface area contributed by atoms with Gasteiger partial charge in [0.2, 0.25) is 0 Å². The molecule has 0 saturated heterocycles. The molecule has 0 spiro atoms. The van der Waals surface area contributed by atoms with Crippen molar-refractivity contribution in [2.75, 3.05) is 0 Å². The number of aromatic carboxylic acids is 1. The lowest BCUT2D eigenvalue weighted by molar-refractivity contribution is 0.0696. The van der Waals surface area contributed by atoms with Crippen molar-refractivity contribution in [3.05, 3.63) is 53.3 Å². The van der Waals surface area contributed by atoms with Gasteiger partial charge in [-0.15, -0.1) is 0 Å². The normalized spacial score (nSPS) is 10.2. The number of pyridine rings is 1. The predicted octanol–water partition coefficient (Wildman–Crippen LogP) is 3.06. The van der Waals surface area contributed by atoms with E-state index in [9.17, 15) is 4.79 Å². The molecule has 17 heavy (non-hydrogen) atoms. The van der Waals surface area contributed by atoms with E-state index in [0.717, 1.165) is 16.7 Å². The van der Waals surface area contributed by atoms with Gasteiger partial charge in [0.1, 0.15) is 0 Å². The van der Waals surface area contributed by atoms with E-state index in [1.54, 1.807) is 12.3 Å². The molecule has 1 aromatic carbocycles. The highest BCUT2D eigenvalue weighted by molar-refractivity contribution is 5.89. The maximum atomic E-state index is 10.9. The molecule has 2 aromatic rings. The molecule has 0 aliphatic carbocycles. The van der Waals surface area contributed by atoms with Gasteiger partial charge >= 0.3 is 5.97 Å². The van der Waals surface area contributed by atoms with Crippen molar-refractivity contribution in [2.24, 2.45) is 0 Å². The molecular formula is C14H13NO2. The van der Waals surface area contributed by atoms with Crippen molar-refractivity contribution in [1.82, 2.24) is 4.98 Å². The Morgan fingerprint density at radius 1 is 1.24 bits per heavy atom. The van der Waals surface area contributed by atoms with E-state index < -0.39 is 5.97 Å². The highest BCUT2D eigenvalue weighted by atomic mass is 16.4. The molecule has 0 unspecified atom stereocenters. The quantitative estimate of drug-likeness (QED) is 0.857. The minimum atomic E-state index is -0.954. The number of aromatic nitrogens is 1. The largest absolute Gasteiger partial charge is 0.478 e. The van der Waals surface area contributed by atoms with Crippen LogP contribution in [0.1, 0.15) is 21.5 Å². The van der Waals surface area contributed by atoms with Crippen LogP contribution in [-0.4, -0.2) is 16.1 Å². The molecule has 0 aliphatic heterocycles. The topological polar surface area (TPSA) is 50.2 Å². The fraction of sp³-hybridized carbons (Fsp3) is 0.143. The fourth-order valence-electron chi connectivity index (χ4n) is 1.77. The number of rotatable bonds is 2. The Morgan fingerprint density at radius 2 is 2.00 bits per heavy atom. The van der Waals surface area contributed by atoms with E-state index in [-0.39, 0.29) is 5.56 Å². The number of hydrogen-bond acceptors (Lipinski definition) is 2. The highest BCUT2D eigenvalue weighted by Crippen LogP contribution is 2.25. The Bertz CT molecular complexity index is 576. The van der Waals surface area contributed by atoms with Gasteiger partial charge in [-0.2, -0.15) is 0 Å². The van der Waals surface area contributed by atoms with Gasteiger partial charge in [-0.25, -0.2) is 4.79 Å². The Hall–Kier alpha value is -2.16. The van der Waals surface area contributed by atoms with Crippen molar-refractivity contribution in [3.63, 3.8) is 0 Å². The van der Waals surface area contributed by atoms with Gasteiger partial charge in [0, 0.05) is 18.0 Å². The van der Waals surface area contributed by atoms with Crippen LogP contribution in [0.25, 0.3) is 11.1 Å². The summed E-state index contributed by atoms with van der Waals surface area (Å²) in [7, 11) is 0. The minimum Gasteiger partial charge on any atom is -0.478 e. The first-order valence-electron chi connectivity index (χ1n) is 5.34. The fourth-order valence-corrected chi connectivity index (χ4v) is 1.77. The second-order valence-electron chi connectivity index (χ2n) is 4.01. The summed E-state index contributed by atoms with van der Waals surface area (Å²) in [6.45, 7) is 4.06. The Morgan fingerprint density at radius 3 is 2.71 bits per heavy atom. The molecule has 1 heterocycles. The van der Waals surface area contributed by atoms with Gasteiger partial charge in [-0.05, 0) is 36.6 Å². The van der Waals surface area contributed by atoms with Crippen LogP contribution in [0.2, 0.25) is 0 Å². The van der Waals surface area contributed by atoms with Gasteiger partial charge in [0.05, 0.1) is 5.56 Å². The Labute approximate surface area is 99.8 Å². The molecule has 2 rings (SSSR count). The first-order chi connectivity index (χ1) is 8.09. The zero-order valence-electron chi connectivity index (χ0n) is 9.77. The lowest BCUT2D eigenvalue weighted by Crippen LogP contribution is -1.98. The molecule has 3 nitrogen and oxygen atoms in total. The van der Waals surface area contributed by atoms with Gasteiger partial charge < -0.3 is 5.11 Å². The summed E-state index contributed by atoms with van der Waals surface area (Å²) in [5.41, 5.74) is 4.41. The van der Waals surface area contributed by atoms with Crippen molar-refractivity contribution in [3.8, 4) is 11.1 Å². The molecule has 0 saturated carbocycles. The van der Waals surface area contributed by atoms with Crippen LogP contribution in [0.3, 0.4) is 0 Å². The van der Waals surface area contributed by atoms with Gasteiger partial charge in [-0.3, -0.25) is 4.98 Å². The summed E-state index contributed by atoms with van der Waals surface area (Å²) in [6.07, 6.45) is 3.05. The molecule has 0 amide bonds. The number of nitrogens with zero attached hydrogens (tertiary/aromatic N) is 1. The summed E-state index contributed by atoms with van der Waals surface area (Å²) >= 11 is 0. The summed E-state index contributed by atoms with van der Waals surface area (Å²) in [5.74, 6) is -0.954. The predicted molar refractivity (Wildman–Crippen MR) is 66.1 cm³/mol. The molecule has 86 valence electrons. The number of benzene rings is 1. The summed E-state index contributed by atoms with van der Waals surface area (Å²) in [6, 6.07) is 7.63. The monoisotopic (exact) mass is 227 g/mol. The molecule has 0 fully saturated rings. The third-order valence-corrected chi connectivity index (χ3v) is 2.90. The van der Waals surface area contributed by atoms with Crippen molar-refractivity contribution in [2.45, 2.75) is 13.8 Å². The molecule has 0 bridgehead atoms. The second kappa shape index (κ2) is 4.37. The van der Waals surface area contributed by atoms with Crippen LogP contribution in [-0.2, 0) is 0 Å². The Balaban J connectivity index is 2.57. The Kier molecular flexibility index (Phi) is 2.91. The number of carboxylic acids is 1. The zero-order valence-corrected chi connectivity index (χ0v) is 9.77. The zero-order chi connectivity index (χ0) is 12.4. The number of aryl methyl sites for hydroxylation is 1. The SMILES string of the molecule is Cc1cccc(-c2cncc(C(=O)O)c2)c1C. The average molecular weight is 227 g/mol. The van der Waals surface area contributed by atoms with Gasteiger partial charge in [-0.1, -0.05) is 18.2 Å². The maximum absolute atomic E-state index is 10.9. The molecule has 1 aromatic heterocycles. The van der Waals surface area contributed by atoms with E-state index in [2.05, 4.69) is 4.98 Å². The van der Waals surface area contributed by atoms with Crippen LogP contribution in [0, 0.1) is 13.8 Å². The van der Waals surface area contributed by atoms with Gasteiger partial charge in [0.25, 0.3) is 0 Å². The lowest BCUT2D eigenvalue weighted by Gasteiger charge is -2.08. The third-order valence-electron chi connectivity index (χ3n) is 2.90. The maximum Gasteiger partial charge on any atom is 0.337 e. The summed E-state index contributed by atoms with van der Waals surface area (Å²) in [5, 5.41) is 8.94. The first kappa shape index (κ1) is 11.3. The summed E-state index contributed by atoms with van der Waals surface area (Å²) < 4.78 is 0. The van der Waals surface area contributed by atoms with Crippen molar-refractivity contribution < 1.29 is 9.90 Å². The summed E-state index contributed by atoms with van der Waals surface area (Å²) in [4.78, 5) is 14.9. The van der Waals surface area contributed by atoms with Crippen LogP contribution >= 0.6 is 0 Å². The van der Waals surface area contributed by atoms with Crippen LogP contribution in [0.15, 0.2) is 36.7 Å². The molecule has 0 radical (unpaired) electrons. The number of hydrogen-bond donors (Lipinski definition) is 1. The average Bonchev–Trinajstić information content (AvgIpc) is 2.33. The smallest absolute Gasteiger partial charge is 0.337 e. The van der Waals surface area contributed by atoms with Gasteiger partial charge in [0.15, 0.2) is 0 Å². The van der Waals surface area contributed by atoms with Crippen molar-refractivity contribution in [1.29, 1.82) is 0 Å².